The number of nitrogens with zero attached hydrogens (tertiary/aromatic N) is 3. The number of nitriles is 1. The molecule has 9 heteroatoms. The second kappa shape index (κ2) is 15.9. The highest BCUT2D eigenvalue weighted by atomic mass is 19.4. The number of hydrogen-bond acceptors (Lipinski definition) is 1. The van der Waals surface area contributed by atoms with Crippen molar-refractivity contribution < 1.29 is 26.3 Å². The fourth-order valence-electron chi connectivity index (χ4n) is 10.0. The molecule has 0 aliphatic rings. The van der Waals surface area contributed by atoms with Crippen molar-refractivity contribution in [2.45, 2.75) is 26.2 Å². The number of halogens is 6. The first-order chi connectivity index (χ1) is 32.8. The lowest BCUT2D eigenvalue weighted by Gasteiger charge is -2.22. The second-order valence-electron chi connectivity index (χ2n) is 17.1. The molecular formula is C59H37F6N3. The second-order valence-corrected chi connectivity index (χ2v) is 17.1. The van der Waals surface area contributed by atoms with Crippen molar-refractivity contribution in [3.05, 3.63) is 216 Å². The van der Waals surface area contributed by atoms with Crippen molar-refractivity contribution in [2.75, 3.05) is 0 Å². The van der Waals surface area contributed by atoms with Crippen LogP contribution in [0.15, 0.2) is 188 Å². The Morgan fingerprint density at radius 1 is 0.382 bits per heavy atom. The molecule has 330 valence electrons. The topological polar surface area (TPSA) is 33.6 Å². The minimum absolute atomic E-state index is 0.273. The Morgan fingerprint density at radius 2 is 0.853 bits per heavy atom. The molecule has 11 rings (SSSR count). The van der Waals surface area contributed by atoms with Crippen LogP contribution in [0.4, 0.5) is 26.3 Å². The van der Waals surface area contributed by atoms with Crippen molar-refractivity contribution in [3.63, 3.8) is 0 Å². The fourth-order valence-corrected chi connectivity index (χ4v) is 10.0. The summed E-state index contributed by atoms with van der Waals surface area (Å²) >= 11 is 0. The predicted molar refractivity (Wildman–Crippen MR) is 261 cm³/mol. The van der Waals surface area contributed by atoms with Crippen LogP contribution < -0.4 is 0 Å². The number of aromatic nitrogens is 2. The molecule has 0 saturated heterocycles. The SMILES string of the molecule is Cc1ccccc1-c1ccc2c(c1)c1ccccc1n2-c1ccc(C#N)cc1-c1ccc(-c2c(C(F)(F)F)cccc2C(F)(F)F)cc1-n1c2ccccc2c2cc(-c3ccccc3C)ccc21. The van der Waals surface area contributed by atoms with Gasteiger partial charge < -0.3 is 9.13 Å². The molecule has 0 radical (unpaired) electrons. The molecule has 11 aromatic rings. The van der Waals surface area contributed by atoms with Gasteiger partial charge >= 0.3 is 12.4 Å². The third kappa shape index (κ3) is 6.91. The lowest BCUT2D eigenvalue weighted by molar-refractivity contribution is -0.142. The van der Waals surface area contributed by atoms with Gasteiger partial charge in [-0.15, -0.1) is 0 Å². The number of benzene rings is 9. The maximum Gasteiger partial charge on any atom is 0.417 e. The summed E-state index contributed by atoms with van der Waals surface area (Å²) in [7, 11) is 0. The van der Waals surface area contributed by atoms with Crippen LogP contribution in [-0.2, 0) is 12.4 Å². The van der Waals surface area contributed by atoms with Crippen LogP contribution >= 0.6 is 0 Å². The van der Waals surface area contributed by atoms with E-state index in [4.69, 9.17) is 0 Å². The first-order valence-electron chi connectivity index (χ1n) is 22.0. The zero-order valence-corrected chi connectivity index (χ0v) is 36.5. The summed E-state index contributed by atoms with van der Waals surface area (Å²) in [5.41, 5.74) is 7.63. The van der Waals surface area contributed by atoms with E-state index in [2.05, 4.69) is 60.0 Å². The quantitative estimate of drug-likeness (QED) is 0.153. The van der Waals surface area contributed by atoms with Gasteiger partial charge in [0, 0.05) is 38.2 Å². The maximum atomic E-state index is 14.9. The molecule has 0 aliphatic heterocycles. The molecule has 2 heterocycles. The molecule has 9 aromatic carbocycles. The van der Waals surface area contributed by atoms with E-state index in [0.717, 1.165) is 72.0 Å². The Labute approximate surface area is 387 Å². The largest absolute Gasteiger partial charge is 0.417 e. The van der Waals surface area contributed by atoms with E-state index in [9.17, 15) is 31.6 Å². The maximum absolute atomic E-state index is 14.9. The molecule has 0 saturated carbocycles. The third-order valence-electron chi connectivity index (χ3n) is 13.1. The van der Waals surface area contributed by atoms with Gasteiger partial charge in [-0.3, -0.25) is 0 Å². The lowest BCUT2D eigenvalue weighted by Crippen LogP contribution is -2.14. The summed E-state index contributed by atoms with van der Waals surface area (Å²) in [6, 6.07) is 58.2. The molecule has 3 nitrogen and oxygen atoms in total. The van der Waals surface area contributed by atoms with Gasteiger partial charge in [0.05, 0.1) is 56.2 Å². The zero-order valence-electron chi connectivity index (χ0n) is 36.5. The van der Waals surface area contributed by atoms with Crippen molar-refractivity contribution in [2.24, 2.45) is 0 Å². The van der Waals surface area contributed by atoms with E-state index < -0.39 is 29.0 Å². The summed E-state index contributed by atoms with van der Waals surface area (Å²) < 4.78 is 93.6. The molecule has 2 aromatic heterocycles. The monoisotopic (exact) mass is 901 g/mol. The summed E-state index contributed by atoms with van der Waals surface area (Å²) in [4.78, 5) is 0. The van der Waals surface area contributed by atoms with Crippen LogP contribution in [0.5, 0.6) is 0 Å². The highest BCUT2D eigenvalue weighted by Crippen LogP contribution is 2.48. The van der Waals surface area contributed by atoms with Crippen molar-refractivity contribution >= 4 is 43.6 Å². The molecule has 0 spiro atoms. The van der Waals surface area contributed by atoms with E-state index in [1.165, 1.54) is 12.1 Å². The third-order valence-corrected chi connectivity index (χ3v) is 13.1. The van der Waals surface area contributed by atoms with Crippen LogP contribution in [0.1, 0.15) is 27.8 Å². The molecule has 0 fully saturated rings. The minimum Gasteiger partial charge on any atom is -0.309 e. The van der Waals surface area contributed by atoms with E-state index in [1.54, 1.807) is 18.2 Å². The molecule has 0 N–H and O–H groups in total. The number of para-hydroxylation sites is 2. The zero-order chi connectivity index (χ0) is 47.1. The predicted octanol–water partition coefficient (Wildman–Crippen LogP) is 17.1. The molecule has 0 amide bonds. The van der Waals surface area contributed by atoms with E-state index >= 15 is 0 Å². The summed E-state index contributed by atoms with van der Waals surface area (Å²) in [6.07, 6.45) is -10.2. The highest BCUT2D eigenvalue weighted by Gasteiger charge is 2.41. The minimum atomic E-state index is -5.11. The van der Waals surface area contributed by atoms with Gasteiger partial charge in [0.2, 0.25) is 0 Å². The lowest BCUT2D eigenvalue weighted by atomic mass is 9.90. The highest BCUT2D eigenvalue weighted by molar-refractivity contribution is 6.13. The van der Waals surface area contributed by atoms with Crippen LogP contribution in [-0.4, -0.2) is 9.13 Å². The molecular weight excluding hydrogens is 865 g/mol. The van der Waals surface area contributed by atoms with Gasteiger partial charge in [0.25, 0.3) is 0 Å². The molecule has 0 aliphatic carbocycles. The number of rotatable bonds is 6. The Morgan fingerprint density at radius 3 is 1.37 bits per heavy atom. The van der Waals surface area contributed by atoms with Crippen molar-refractivity contribution in [1.29, 1.82) is 5.26 Å². The van der Waals surface area contributed by atoms with Gasteiger partial charge in [-0.2, -0.15) is 31.6 Å². The molecule has 0 atom stereocenters. The summed E-state index contributed by atoms with van der Waals surface area (Å²) in [5.74, 6) is 0. The van der Waals surface area contributed by atoms with E-state index in [0.29, 0.717) is 51.2 Å². The Balaban J connectivity index is 1.25. The Kier molecular flexibility index (Phi) is 9.90. The van der Waals surface area contributed by atoms with Crippen molar-refractivity contribution in [1.82, 2.24) is 9.13 Å². The number of aryl methyl sites for hydroxylation is 2. The van der Waals surface area contributed by atoms with Crippen LogP contribution in [0, 0.1) is 25.2 Å². The van der Waals surface area contributed by atoms with Gasteiger partial charge in [0.15, 0.2) is 0 Å². The van der Waals surface area contributed by atoms with Gasteiger partial charge in [0.1, 0.15) is 0 Å². The smallest absolute Gasteiger partial charge is 0.309 e. The summed E-state index contributed by atoms with van der Waals surface area (Å²) in [5, 5.41) is 14.1. The van der Waals surface area contributed by atoms with Gasteiger partial charge in [-0.1, -0.05) is 115 Å². The number of hydrogen-bond donors (Lipinski definition) is 0. The van der Waals surface area contributed by atoms with E-state index in [-0.39, 0.29) is 5.56 Å². The number of alkyl halides is 6. The normalized spacial score (nSPS) is 12.1. The molecule has 68 heavy (non-hydrogen) atoms. The first-order valence-corrected chi connectivity index (χ1v) is 22.0. The van der Waals surface area contributed by atoms with Crippen LogP contribution in [0.25, 0.3) is 99.5 Å². The molecule has 0 unspecified atom stereocenters. The Bertz CT molecular complexity index is 3850. The van der Waals surface area contributed by atoms with Gasteiger partial charge in [-0.25, -0.2) is 0 Å². The number of fused-ring (bicyclic) bond motifs is 6. The van der Waals surface area contributed by atoms with Gasteiger partial charge in [-0.05, 0) is 126 Å². The first kappa shape index (κ1) is 42.3. The van der Waals surface area contributed by atoms with E-state index in [1.807, 2.05) is 109 Å². The fraction of sp³-hybridized carbons (Fsp3) is 0.0678. The van der Waals surface area contributed by atoms with Crippen LogP contribution in [0.3, 0.4) is 0 Å². The summed E-state index contributed by atoms with van der Waals surface area (Å²) in [6.45, 7) is 4.10. The Hall–Kier alpha value is -8.35. The van der Waals surface area contributed by atoms with Crippen LogP contribution in [0.2, 0.25) is 0 Å². The molecule has 0 bridgehead atoms. The average molecular weight is 902 g/mol. The standard InChI is InChI=1S/C59H37F6N3/c1-35-12-3-5-14-41(35)38-24-28-54-47(31-38)43-16-7-9-20-51(43)67(54)53-27-22-37(34-66)30-46(53)45-26-23-40(57-49(58(60,61)62)18-11-19-50(57)59(63,64)65)33-56(45)68-52-21-10-8-17-44(52)48-32-39(25-29-55(48)68)42-15-6-4-13-36(42)2/h3-33H,1-2H3. The average Bonchev–Trinajstić information content (AvgIpc) is 3.85. The van der Waals surface area contributed by atoms with Crippen molar-refractivity contribution in [3.8, 4) is 62.0 Å².